The van der Waals surface area contributed by atoms with Crippen LogP contribution in [-0.2, 0) is 11.3 Å². The Balaban J connectivity index is 1.60. The molecule has 138 valence electrons. The lowest BCUT2D eigenvalue weighted by atomic mass is 10.1. The molecule has 8 heteroatoms. The topological polar surface area (TPSA) is 88.9 Å². The van der Waals surface area contributed by atoms with E-state index >= 15 is 0 Å². The average Bonchev–Trinajstić information content (AvgIpc) is 3.20. The minimum Gasteiger partial charge on any atom is -0.350 e. The van der Waals surface area contributed by atoms with Gasteiger partial charge in [0.15, 0.2) is 0 Å². The Morgan fingerprint density at radius 1 is 1.19 bits per heavy atom. The molecule has 27 heavy (non-hydrogen) atoms. The van der Waals surface area contributed by atoms with E-state index in [1.54, 1.807) is 25.1 Å². The number of amides is 2. The van der Waals surface area contributed by atoms with E-state index in [-0.39, 0.29) is 11.5 Å². The third-order valence-electron chi connectivity index (χ3n) is 3.95. The fourth-order valence-corrected chi connectivity index (χ4v) is 2.47. The summed E-state index contributed by atoms with van der Waals surface area (Å²) >= 11 is 0. The third-order valence-corrected chi connectivity index (χ3v) is 3.95. The van der Waals surface area contributed by atoms with Gasteiger partial charge in [-0.15, -0.1) is 0 Å². The summed E-state index contributed by atoms with van der Waals surface area (Å²) in [5.74, 6) is -1.08. The maximum absolute atomic E-state index is 13.2. The second-order valence-electron chi connectivity index (χ2n) is 5.93. The number of hydrogen-bond acceptors (Lipinski definition) is 4. The molecule has 2 amide bonds. The summed E-state index contributed by atoms with van der Waals surface area (Å²) in [5.41, 5.74) is 1.60. The van der Waals surface area contributed by atoms with Crippen LogP contribution in [0.5, 0.6) is 0 Å². The molecule has 3 rings (SSSR count). The molecule has 0 fully saturated rings. The second kappa shape index (κ2) is 8.22. The highest BCUT2D eigenvalue weighted by Gasteiger charge is 2.15. The fraction of sp³-hybridized carbons (Fsp3) is 0.158. The highest BCUT2D eigenvalue weighted by Crippen LogP contribution is 2.13. The van der Waals surface area contributed by atoms with Crippen molar-refractivity contribution in [1.29, 1.82) is 0 Å². The number of aromatic nitrogens is 3. The molecule has 0 aliphatic carbocycles. The number of carbonyl (C=O) groups excluding carboxylic acids is 2. The first-order chi connectivity index (χ1) is 13.0. The van der Waals surface area contributed by atoms with Gasteiger partial charge in [-0.2, -0.15) is 5.10 Å². The summed E-state index contributed by atoms with van der Waals surface area (Å²) in [6, 6.07) is 12.1. The van der Waals surface area contributed by atoms with Crippen LogP contribution in [0.25, 0.3) is 0 Å². The summed E-state index contributed by atoms with van der Waals surface area (Å²) in [6.45, 7) is 2.02. The van der Waals surface area contributed by atoms with Gasteiger partial charge in [0.25, 0.3) is 5.91 Å². The minimum absolute atomic E-state index is 0.199. The molecule has 0 aliphatic heterocycles. The van der Waals surface area contributed by atoms with E-state index in [2.05, 4.69) is 20.7 Å². The Bertz CT molecular complexity index is 943. The zero-order valence-electron chi connectivity index (χ0n) is 14.6. The minimum atomic E-state index is -0.483. The van der Waals surface area contributed by atoms with Crippen LogP contribution >= 0.6 is 0 Å². The van der Waals surface area contributed by atoms with E-state index in [4.69, 9.17) is 0 Å². The zero-order valence-corrected chi connectivity index (χ0v) is 14.6. The lowest BCUT2D eigenvalue weighted by Crippen LogP contribution is -2.30. The largest absolute Gasteiger partial charge is 0.350 e. The van der Waals surface area contributed by atoms with Crippen LogP contribution in [0.3, 0.4) is 0 Å². The van der Waals surface area contributed by atoms with E-state index in [9.17, 15) is 14.0 Å². The van der Waals surface area contributed by atoms with Gasteiger partial charge in [0.1, 0.15) is 24.5 Å². The monoisotopic (exact) mass is 367 g/mol. The van der Waals surface area contributed by atoms with Gasteiger partial charge in [-0.05, 0) is 42.8 Å². The molecule has 7 nitrogen and oxygen atoms in total. The van der Waals surface area contributed by atoms with Crippen molar-refractivity contribution in [2.45, 2.75) is 19.5 Å². The van der Waals surface area contributed by atoms with E-state index in [0.717, 1.165) is 5.56 Å². The average molecular weight is 367 g/mol. The number of nitrogens with zero attached hydrogens (tertiary/aromatic N) is 3. The number of rotatable bonds is 6. The standard InChI is InChI=1S/C19H18FN5O2/c1-13(25-12-21-11-23-25)18(26)22-10-14-4-2-7-17(8-14)24-19(27)15-5-3-6-16(20)9-15/h2-9,11-13H,10H2,1H3,(H,22,26)(H,24,27)/t13-/m1/s1. The number of carbonyl (C=O) groups is 2. The zero-order chi connectivity index (χ0) is 19.2. The molecular formula is C19H18FN5O2. The van der Waals surface area contributed by atoms with Gasteiger partial charge in [0.05, 0.1) is 0 Å². The number of hydrogen-bond donors (Lipinski definition) is 2. The van der Waals surface area contributed by atoms with Crippen LogP contribution in [0.15, 0.2) is 61.2 Å². The van der Waals surface area contributed by atoms with E-state index in [1.807, 2.05) is 6.07 Å². The molecule has 0 saturated heterocycles. The van der Waals surface area contributed by atoms with Crippen LogP contribution < -0.4 is 10.6 Å². The van der Waals surface area contributed by atoms with Crippen LogP contribution in [0, 0.1) is 5.82 Å². The van der Waals surface area contributed by atoms with Crippen molar-refractivity contribution >= 4 is 17.5 Å². The lowest BCUT2D eigenvalue weighted by Gasteiger charge is -2.13. The SMILES string of the molecule is C[C@H](C(=O)NCc1cccc(NC(=O)c2cccc(F)c2)c1)n1cncn1. The molecule has 2 N–H and O–H groups in total. The quantitative estimate of drug-likeness (QED) is 0.701. The van der Waals surface area contributed by atoms with Gasteiger partial charge in [-0.3, -0.25) is 9.59 Å². The summed E-state index contributed by atoms with van der Waals surface area (Å²) < 4.78 is 14.7. The number of benzene rings is 2. The van der Waals surface area contributed by atoms with Crippen LogP contribution in [-0.4, -0.2) is 26.6 Å². The Morgan fingerprint density at radius 3 is 2.74 bits per heavy atom. The van der Waals surface area contributed by atoms with Gasteiger partial charge < -0.3 is 10.6 Å². The van der Waals surface area contributed by atoms with E-state index in [0.29, 0.717) is 12.2 Å². The third kappa shape index (κ3) is 4.75. The number of halogens is 1. The first kappa shape index (κ1) is 18.2. The summed E-state index contributed by atoms with van der Waals surface area (Å²) in [6.07, 6.45) is 2.85. The van der Waals surface area contributed by atoms with Gasteiger partial charge in [0, 0.05) is 17.8 Å². The molecule has 1 heterocycles. The molecule has 1 atom stereocenters. The Labute approximate surface area is 155 Å². The van der Waals surface area contributed by atoms with Gasteiger partial charge >= 0.3 is 0 Å². The van der Waals surface area contributed by atoms with E-state index in [1.165, 1.54) is 41.6 Å². The Morgan fingerprint density at radius 2 is 2.00 bits per heavy atom. The molecule has 0 radical (unpaired) electrons. The predicted molar refractivity (Wildman–Crippen MR) is 97.4 cm³/mol. The fourth-order valence-electron chi connectivity index (χ4n) is 2.47. The molecule has 0 saturated carbocycles. The van der Waals surface area contributed by atoms with Crippen molar-refractivity contribution in [2.24, 2.45) is 0 Å². The normalized spacial score (nSPS) is 11.6. The molecule has 0 aliphatic rings. The second-order valence-corrected chi connectivity index (χ2v) is 5.93. The number of anilines is 1. The first-order valence-electron chi connectivity index (χ1n) is 8.30. The van der Waals surface area contributed by atoms with Crippen molar-refractivity contribution < 1.29 is 14.0 Å². The first-order valence-corrected chi connectivity index (χ1v) is 8.30. The van der Waals surface area contributed by atoms with Crippen LogP contribution in [0.1, 0.15) is 28.9 Å². The molecule has 1 aromatic heterocycles. The predicted octanol–water partition coefficient (Wildman–Crippen LogP) is 2.55. The number of nitrogens with one attached hydrogen (secondary N) is 2. The van der Waals surface area contributed by atoms with Crippen molar-refractivity contribution in [3.63, 3.8) is 0 Å². The van der Waals surface area contributed by atoms with Crippen LogP contribution in [0.4, 0.5) is 10.1 Å². The van der Waals surface area contributed by atoms with E-state index < -0.39 is 17.8 Å². The Kier molecular flexibility index (Phi) is 5.55. The molecular weight excluding hydrogens is 349 g/mol. The van der Waals surface area contributed by atoms with Crippen molar-refractivity contribution in [2.75, 3.05) is 5.32 Å². The lowest BCUT2D eigenvalue weighted by molar-refractivity contribution is -0.124. The maximum Gasteiger partial charge on any atom is 0.255 e. The van der Waals surface area contributed by atoms with Gasteiger partial charge in [-0.1, -0.05) is 18.2 Å². The highest BCUT2D eigenvalue weighted by molar-refractivity contribution is 6.04. The van der Waals surface area contributed by atoms with Gasteiger partial charge in [-0.25, -0.2) is 14.1 Å². The highest BCUT2D eigenvalue weighted by atomic mass is 19.1. The van der Waals surface area contributed by atoms with Crippen LogP contribution in [0.2, 0.25) is 0 Å². The molecule has 2 aromatic carbocycles. The molecule has 0 bridgehead atoms. The van der Waals surface area contributed by atoms with Crippen molar-refractivity contribution in [3.05, 3.63) is 78.1 Å². The summed E-state index contributed by atoms with van der Waals surface area (Å²) in [4.78, 5) is 28.2. The van der Waals surface area contributed by atoms with Crippen molar-refractivity contribution in [3.8, 4) is 0 Å². The maximum atomic E-state index is 13.2. The Hall–Kier alpha value is -3.55. The summed E-state index contributed by atoms with van der Waals surface area (Å²) in [5, 5.41) is 9.48. The van der Waals surface area contributed by atoms with Gasteiger partial charge in [0.2, 0.25) is 5.91 Å². The summed E-state index contributed by atoms with van der Waals surface area (Å²) in [7, 11) is 0. The molecule has 3 aromatic rings. The smallest absolute Gasteiger partial charge is 0.255 e. The van der Waals surface area contributed by atoms with Crippen molar-refractivity contribution in [1.82, 2.24) is 20.1 Å². The molecule has 0 spiro atoms. The molecule has 0 unspecified atom stereocenters.